The van der Waals surface area contributed by atoms with Gasteiger partial charge in [0.2, 0.25) is 0 Å². The molecule has 2 heteroatoms. The van der Waals surface area contributed by atoms with Gasteiger partial charge in [-0.1, -0.05) is 40.5 Å². The number of nitrogens with zero attached hydrogens (tertiary/aromatic N) is 2. The van der Waals surface area contributed by atoms with Crippen molar-refractivity contribution in [1.29, 1.82) is 0 Å². The molecule has 1 saturated heterocycles. The van der Waals surface area contributed by atoms with Crippen LogP contribution in [0.1, 0.15) is 59.8 Å². The summed E-state index contributed by atoms with van der Waals surface area (Å²) in [4.78, 5) is 5.26. The third-order valence-electron chi connectivity index (χ3n) is 4.36. The minimum atomic E-state index is 0.779. The van der Waals surface area contributed by atoms with Gasteiger partial charge in [0.1, 0.15) is 0 Å². The Kier molecular flexibility index (Phi) is 5.18. The molecule has 2 rings (SSSR count). The van der Waals surface area contributed by atoms with Crippen LogP contribution in [-0.2, 0) is 0 Å². The summed E-state index contributed by atoms with van der Waals surface area (Å²) in [6.45, 7) is 13.1. The summed E-state index contributed by atoms with van der Waals surface area (Å²) < 4.78 is 0. The van der Waals surface area contributed by atoms with Crippen molar-refractivity contribution in [2.75, 3.05) is 19.6 Å². The molecule has 110 valence electrons. The van der Waals surface area contributed by atoms with Crippen molar-refractivity contribution >= 4 is 0 Å². The Morgan fingerprint density at radius 1 is 1.16 bits per heavy atom. The first-order valence-corrected chi connectivity index (χ1v) is 8.27. The van der Waals surface area contributed by atoms with Crippen molar-refractivity contribution in [1.82, 2.24) is 9.80 Å². The Morgan fingerprint density at radius 3 is 2.58 bits per heavy atom. The lowest BCUT2D eigenvalue weighted by atomic mass is 10.1. The largest absolute Gasteiger partial charge is 0.374 e. The van der Waals surface area contributed by atoms with Gasteiger partial charge in [0, 0.05) is 37.6 Å². The van der Waals surface area contributed by atoms with E-state index >= 15 is 0 Å². The number of unbranched alkanes of at least 4 members (excludes halogenated alkanes) is 1. The molecule has 0 amide bonds. The van der Waals surface area contributed by atoms with Crippen molar-refractivity contribution in [2.45, 2.75) is 65.8 Å². The normalized spacial score (nSPS) is 22.6. The summed E-state index contributed by atoms with van der Waals surface area (Å²) in [6.07, 6.45) is 9.27. The summed E-state index contributed by atoms with van der Waals surface area (Å²) in [5.74, 6) is 1.64. The predicted octanol–water partition coefficient (Wildman–Crippen LogP) is 4.09. The van der Waals surface area contributed by atoms with Crippen LogP contribution in [0.4, 0.5) is 0 Å². The highest BCUT2D eigenvalue weighted by Crippen LogP contribution is 2.33. The molecule has 1 unspecified atom stereocenters. The molecule has 1 atom stereocenters. The summed E-state index contributed by atoms with van der Waals surface area (Å²) >= 11 is 0. The Morgan fingerprint density at radius 2 is 1.95 bits per heavy atom. The van der Waals surface area contributed by atoms with Gasteiger partial charge in [-0.3, -0.25) is 0 Å². The van der Waals surface area contributed by atoms with Crippen LogP contribution in [0, 0.1) is 11.8 Å². The molecular formula is C17H32N2. The lowest BCUT2D eigenvalue weighted by Gasteiger charge is -2.38. The molecule has 2 bridgehead atoms. The fraction of sp³-hybridized carbons (Fsp3) is 0.882. The lowest BCUT2D eigenvalue weighted by Crippen LogP contribution is -2.43. The number of rotatable bonds is 7. The van der Waals surface area contributed by atoms with E-state index in [1.807, 2.05) is 0 Å². The van der Waals surface area contributed by atoms with Crippen LogP contribution in [0.25, 0.3) is 0 Å². The fourth-order valence-electron chi connectivity index (χ4n) is 3.39. The van der Waals surface area contributed by atoms with E-state index in [1.54, 1.807) is 5.70 Å². The highest BCUT2D eigenvalue weighted by molar-refractivity contribution is 5.13. The molecule has 0 saturated carbocycles. The number of hydrogen-bond acceptors (Lipinski definition) is 2. The molecule has 0 spiro atoms. The van der Waals surface area contributed by atoms with Gasteiger partial charge >= 0.3 is 0 Å². The quantitative estimate of drug-likeness (QED) is 0.639. The summed E-state index contributed by atoms with van der Waals surface area (Å²) in [7, 11) is 0. The van der Waals surface area contributed by atoms with Crippen molar-refractivity contribution in [3.63, 3.8) is 0 Å². The maximum absolute atomic E-state index is 2.68. The van der Waals surface area contributed by atoms with Gasteiger partial charge in [-0.05, 0) is 31.1 Å². The molecule has 0 aromatic carbocycles. The highest BCUT2D eigenvalue weighted by atomic mass is 15.3. The fourth-order valence-corrected chi connectivity index (χ4v) is 3.39. The van der Waals surface area contributed by atoms with Crippen LogP contribution in [0.2, 0.25) is 0 Å². The lowest BCUT2D eigenvalue weighted by molar-refractivity contribution is 0.180. The van der Waals surface area contributed by atoms with Crippen molar-refractivity contribution in [2.24, 2.45) is 11.8 Å². The first-order chi connectivity index (χ1) is 9.06. The maximum atomic E-state index is 2.68. The van der Waals surface area contributed by atoms with Gasteiger partial charge in [0.15, 0.2) is 0 Å². The zero-order valence-corrected chi connectivity index (χ0v) is 13.4. The number of hydrogen-bond donors (Lipinski definition) is 0. The van der Waals surface area contributed by atoms with Crippen molar-refractivity contribution in [3.05, 3.63) is 11.9 Å². The van der Waals surface area contributed by atoms with Crippen molar-refractivity contribution < 1.29 is 0 Å². The van der Waals surface area contributed by atoms with E-state index in [0.29, 0.717) is 0 Å². The second-order valence-corrected chi connectivity index (χ2v) is 7.24. The number of fused-ring (bicyclic) bond motifs is 2. The van der Waals surface area contributed by atoms with Crippen LogP contribution in [-0.4, -0.2) is 35.5 Å². The zero-order valence-electron chi connectivity index (χ0n) is 13.4. The van der Waals surface area contributed by atoms with Gasteiger partial charge in [0.25, 0.3) is 0 Å². The second kappa shape index (κ2) is 6.67. The molecule has 2 heterocycles. The van der Waals surface area contributed by atoms with Crippen LogP contribution < -0.4 is 0 Å². The van der Waals surface area contributed by atoms with Gasteiger partial charge in [-0.2, -0.15) is 0 Å². The molecule has 2 nitrogen and oxygen atoms in total. The first kappa shape index (κ1) is 14.7. The predicted molar refractivity (Wildman–Crippen MR) is 82.9 cm³/mol. The molecule has 1 fully saturated rings. The third-order valence-corrected chi connectivity index (χ3v) is 4.36. The standard InChI is InChI=1S/C17H32N2/c1-14(2)7-5-6-10-18-12-16-8-9-17(13-18)19(16)11-15(3)4/h12,14-15,17H,5-11,13H2,1-4H3. The topological polar surface area (TPSA) is 6.48 Å². The van der Waals surface area contributed by atoms with E-state index in [4.69, 9.17) is 0 Å². The summed E-state index contributed by atoms with van der Waals surface area (Å²) in [6, 6.07) is 0.799. The molecular weight excluding hydrogens is 232 g/mol. The SMILES string of the molecule is CC(C)CCCCN1C=C2CCC(C1)N2CC(C)C. The molecule has 2 aliphatic rings. The Labute approximate surface area is 119 Å². The van der Waals surface area contributed by atoms with Crippen LogP contribution in [0.15, 0.2) is 11.9 Å². The molecule has 0 aromatic rings. The van der Waals surface area contributed by atoms with Crippen LogP contribution in [0.3, 0.4) is 0 Å². The molecule has 19 heavy (non-hydrogen) atoms. The monoisotopic (exact) mass is 264 g/mol. The van der Waals surface area contributed by atoms with E-state index < -0.39 is 0 Å². The average Bonchev–Trinajstić information content (AvgIpc) is 2.58. The Bertz CT molecular complexity index is 306. The second-order valence-electron chi connectivity index (χ2n) is 7.24. The van der Waals surface area contributed by atoms with Gasteiger partial charge < -0.3 is 9.80 Å². The molecule has 0 aliphatic carbocycles. The Balaban J connectivity index is 1.79. The van der Waals surface area contributed by atoms with E-state index in [0.717, 1.165) is 17.9 Å². The van der Waals surface area contributed by atoms with Crippen LogP contribution >= 0.6 is 0 Å². The third kappa shape index (κ3) is 4.15. The van der Waals surface area contributed by atoms with Gasteiger partial charge in [-0.15, -0.1) is 0 Å². The smallest absolute Gasteiger partial charge is 0.0466 e. The van der Waals surface area contributed by atoms with Gasteiger partial charge in [0.05, 0.1) is 0 Å². The Hall–Kier alpha value is -0.660. The van der Waals surface area contributed by atoms with E-state index in [1.165, 1.54) is 51.7 Å². The minimum absolute atomic E-state index is 0.779. The van der Waals surface area contributed by atoms with E-state index in [2.05, 4.69) is 43.7 Å². The summed E-state index contributed by atoms with van der Waals surface area (Å²) in [5.41, 5.74) is 1.61. The van der Waals surface area contributed by atoms with E-state index in [9.17, 15) is 0 Å². The summed E-state index contributed by atoms with van der Waals surface area (Å²) in [5, 5.41) is 0. The average molecular weight is 264 g/mol. The van der Waals surface area contributed by atoms with E-state index in [-0.39, 0.29) is 0 Å². The van der Waals surface area contributed by atoms with Crippen molar-refractivity contribution in [3.8, 4) is 0 Å². The van der Waals surface area contributed by atoms with Crippen LogP contribution in [0.5, 0.6) is 0 Å². The van der Waals surface area contributed by atoms with Gasteiger partial charge in [-0.25, -0.2) is 0 Å². The highest BCUT2D eigenvalue weighted by Gasteiger charge is 2.33. The maximum Gasteiger partial charge on any atom is 0.0466 e. The first-order valence-electron chi connectivity index (χ1n) is 8.27. The molecule has 0 N–H and O–H groups in total. The molecule has 0 aromatic heterocycles. The number of allylic oxidation sites excluding steroid dienone is 1. The zero-order chi connectivity index (χ0) is 13.8. The molecule has 0 radical (unpaired) electrons. The molecule has 2 aliphatic heterocycles. The minimum Gasteiger partial charge on any atom is -0.374 e.